The zero-order valence-corrected chi connectivity index (χ0v) is 15.3. The molecule has 0 aliphatic rings. The summed E-state index contributed by atoms with van der Waals surface area (Å²) >= 11 is 2.58. The highest BCUT2D eigenvalue weighted by Gasteiger charge is 2.11. The number of amides is 2. The van der Waals surface area contributed by atoms with Gasteiger partial charge in [-0.1, -0.05) is 35.2 Å². The number of benzene rings is 1. The van der Waals surface area contributed by atoms with Crippen LogP contribution >= 0.6 is 23.1 Å². The van der Waals surface area contributed by atoms with Crippen molar-refractivity contribution in [3.05, 3.63) is 54.0 Å². The summed E-state index contributed by atoms with van der Waals surface area (Å²) in [6, 6.07) is 11.0. The summed E-state index contributed by atoms with van der Waals surface area (Å²) in [7, 11) is 0. The first-order valence-electron chi connectivity index (χ1n) is 7.53. The molecule has 26 heavy (non-hydrogen) atoms. The van der Waals surface area contributed by atoms with Gasteiger partial charge in [0, 0.05) is 5.69 Å². The number of hydrogen-bond donors (Lipinski definition) is 3. The standard InChI is InChI=1S/C16H15N5O3S2/c1-10-4-2-5-11(8-10)17-15-20-21-16(26-15)25-9-13(22)18-19-14(23)12-6-3-7-24-12/h2-8H,9H2,1H3,(H,17,20)(H,18,22)(H,19,23). The fourth-order valence-corrected chi connectivity index (χ4v) is 3.50. The van der Waals surface area contributed by atoms with Crippen molar-refractivity contribution in [2.24, 2.45) is 0 Å². The minimum Gasteiger partial charge on any atom is -0.459 e. The number of aromatic nitrogens is 2. The van der Waals surface area contributed by atoms with Crippen LogP contribution in [0.25, 0.3) is 0 Å². The molecule has 3 aromatic rings. The first-order valence-corrected chi connectivity index (χ1v) is 9.33. The lowest BCUT2D eigenvalue weighted by atomic mass is 10.2. The van der Waals surface area contributed by atoms with Gasteiger partial charge in [-0.05, 0) is 36.8 Å². The van der Waals surface area contributed by atoms with Crippen LogP contribution in [0.5, 0.6) is 0 Å². The second kappa shape index (κ2) is 8.50. The van der Waals surface area contributed by atoms with Gasteiger partial charge in [-0.2, -0.15) is 0 Å². The molecule has 0 spiro atoms. The lowest BCUT2D eigenvalue weighted by Gasteiger charge is -2.04. The van der Waals surface area contributed by atoms with Gasteiger partial charge in [-0.25, -0.2) is 0 Å². The quantitative estimate of drug-likeness (QED) is 0.439. The number of nitrogens with zero attached hydrogens (tertiary/aromatic N) is 2. The summed E-state index contributed by atoms with van der Waals surface area (Å²) < 4.78 is 5.57. The van der Waals surface area contributed by atoms with Crippen LogP contribution < -0.4 is 16.2 Å². The number of rotatable bonds is 6. The predicted octanol–water partition coefficient (Wildman–Crippen LogP) is 2.74. The van der Waals surface area contributed by atoms with Crippen LogP contribution in [-0.4, -0.2) is 27.8 Å². The van der Waals surface area contributed by atoms with Gasteiger partial charge < -0.3 is 9.73 Å². The minimum atomic E-state index is -0.520. The Morgan fingerprint density at radius 1 is 1.19 bits per heavy atom. The number of aryl methyl sites for hydroxylation is 1. The molecule has 0 radical (unpaired) electrons. The lowest BCUT2D eigenvalue weighted by molar-refractivity contribution is -0.119. The van der Waals surface area contributed by atoms with E-state index in [0.29, 0.717) is 9.47 Å². The van der Waals surface area contributed by atoms with Gasteiger partial charge in [0.25, 0.3) is 0 Å². The average molecular weight is 389 g/mol. The van der Waals surface area contributed by atoms with E-state index < -0.39 is 5.91 Å². The molecule has 3 rings (SSSR count). The summed E-state index contributed by atoms with van der Waals surface area (Å²) in [5.41, 5.74) is 6.66. The van der Waals surface area contributed by atoms with Crippen LogP contribution in [-0.2, 0) is 4.79 Å². The third-order valence-electron chi connectivity index (χ3n) is 3.06. The summed E-state index contributed by atoms with van der Waals surface area (Å²) in [5.74, 6) is -0.668. The molecule has 0 fully saturated rings. The largest absolute Gasteiger partial charge is 0.459 e. The van der Waals surface area contributed by atoms with E-state index in [4.69, 9.17) is 4.42 Å². The Balaban J connectivity index is 1.44. The molecule has 0 saturated heterocycles. The summed E-state index contributed by atoms with van der Waals surface area (Å²) in [6.45, 7) is 2.01. The number of nitrogens with one attached hydrogen (secondary N) is 3. The Bertz CT molecular complexity index is 895. The van der Waals surface area contributed by atoms with Gasteiger partial charge in [-0.3, -0.25) is 20.4 Å². The highest BCUT2D eigenvalue weighted by atomic mass is 32.2. The van der Waals surface area contributed by atoms with Gasteiger partial charge in [0.15, 0.2) is 10.1 Å². The molecule has 8 nitrogen and oxygen atoms in total. The van der Waals surface area contributed by atoms with E-state index in [2.05, 4.69) is 26.4 Å². The van der Waals surface area contributed by atoms with Crippen LogP contribution in [0.1, 0.15) is 16.1 Å². The Hall–Kier alpha value is -2.85. The molecule has 0 bridgehead atoms. The summed E-state index contributed by atoms with van der Waals surface area (Å²) in [4.78, 5) is 23.4. The highest BCUT2D eigenvalue weighted by molar-refractivity contribution is 8.01. The zero-order valence-electron chi connectivity index (χ0n) is 13.7. The molecule has 0 saturated carbocycles. The van der Waals surface area contributed by atoms with E-state index in [-0.39, 0.29) is 17.4 Å². The number of thioether (sulfide) groups is 1. The number of anilines is 2. The van der Waals surface area contributed by atoms with Crippen molar-refractivity contribution in [3.8, 4) is 0 Å². The number of carbonyl (C=O) groups excluding carboxylic acids is 2. The van der Waals surface area contributed by atoms with E-state index in [9.17, 15) is 9.59 Å². The molecule has 0 atom stereocenters. The molecule has 0 aliphatic carbocycles. The van der Waals surface area contributed by atoms with Gasteiger partial charge in [-0.15, -0.1) is 10.2 Å². The summed E-state index contributed by atoms with van der Waals surface area (Å²) in [6.07, 6.45) is 1.38. The molecule has 2 aromatic heterocycles. The van der Waals surface area contributed by atoms with Crippen LogP contribution in [0.2, 0.25) is 0 Å². The maximum Gasteiger partial charge on any atom is 0.305 e. The molecule has 10 heteroatoms. The normalized spacial score (nSPS) is 10.3. The molecule has 1 aromatic carbocycles. The fraction of sp³-hybridized carbons (Fsp3) is 0.125. The monoisotopic (exact) mass is 389 g/mol. The molecule has 134 valence electrons. The molecule has 3 N–H and O–H groups in total. The topological polar surface area (TPSA) is 109 Å². The first-order chi connectivity index (χ1) is 12.6. The maximum absolute atomic E-state index is 11.8. The lowest BCUT2D eigenvalue weighted by Crippen LogP contribution is -2.42. The van der Waals surface area contributed by atoms with Crippen molar-refractivity contribution < 1.29 is 14.0 Å². The number of hydrogen-bond acceptors (Lipinski definition) is 8. The fourth-order valence-electron chi connectivity index (χ4n) is 1.92. The Morgan fingerprint density at radius 3 is 2.85 bits per heavy atom. The maximum atomic E-state index is 11.8. The second-order valence-corrected chi connectivity index (χ2v) is 7.34. The van der Waals surface area contributed by atoms with Crippen LogP contribution in [0.15, 0.2) is 51.4 Å². The van der Waals surface area contributed by atoms with Crippen molar-refractivity contribution in [1.29, 1.82) is 0 Å². The molecular formula is C16H15N5O3S2. The molecule has 0 aliphatic heterocycles. The Kier molecular flexibility index (Phi) is 5.87. The number of carbonyl (C=O) groups is 2. The molecule has 2 heterocycles. The SMILES string of the molecule is Cc1cccc(Nc2nnc(SCC(=O)NNC(=O)c3ccco3)s2)c1. The van der Waals surface area contributed by atoms with Crippen molar-refractivity contribution in [3.63, 3.8) is 0 Å². The Labute approximate surface area is 157 Å². The second-order valence-electron chi connectivity index (χ2n) is 5.14. The smallest absolute Gasteiger partial charge is 0.305 e. The Morgan fingerprint density at radius 2 is 2.08 bits per heavy atom. The van der Waals surface area contributed by atoms with Crippen LogP contribution in [0, 0.1) is 6.92 Å². The van der Waals surface area contributed by atoms with E-state index in [1.54, 1.807) is 6.07 Å². The zero-order chi connectivity index (χ0) is 18.4. The number of hydrazine groups is 1. The molecule has 0 unspecified atom stereocenters. The van der Waals surface area contributed by atoms with E-state index in [0.717, 1.165) is 11.3 Å². The summed E-state index contributed by atoms with van der Waals surface area (Å²) in [5, 5.41) is 11.9. The highest BCUT2D eigenvalue weighted by Crippen LogP contribution is 2.27. The third-order valence-corrected chi connectivity index (χ3v) is 5.03. The predicted molar refractivity (Wildman–Crippen MR) is 99.4 cm³/mol. The van der Waals surface area contributed by atoms with E-state index >= 15 is 0 Å². The first kappa shape index (κ1) is 18.0. The van der Waals surface area contributed by atoms with Crippen LogP contribution in [0.3, 0.4) is 0 Å². The van der Waals surface area contributed by atoms with Crippen LogP contribution in [0.4, 0.5) is 10.8 Å². The molecular weight excluding hydrogens is 374 g/mol. The van der Waals surface area contributed by atoms with Crippen molar-refractivity contribution in [2.45, 2.75) is 11.3 Å². The van der Waals surface area contributed by atoms with Crippen molar-refractivity contribution in [1.82, 2.24) is 21.0 Å². The molecule has 2 amide bonds. The average Bonchev–Trinajstić information content (AvgIpc) is 3.30. The van der Waals surface area contributed by atoms with Gasteiger partial charge in [0.05, 0.1) is 12.0 Å². The van der Waals surface area contributed by atoms with Gasteiger partial charge in [0.2, 0.25) is 11.0 Å². The van der Waals surface area contributed by atoms with E-state index in [1.165, 1.54) is 35.4 Å². The third kappa shape index (κ3) is 5.07. The minimum absolute atomic E-state index is 0.0948. The van der Waals surface area contributed by atoms with E-state index in [1.807, 2.05) is 31.2 Å². The van der Waals surface area contributed by atoms with Gasteiger partial charge in [0.1, 0.15) is 0 Å². The van der Waals surface area contributed by atoms with Gasteiger partial charge >= 0.3 is 5.91 Å². The van der Waals surface area contributed by atoms with Crippen molar-refractivity contribution >= 4 is 45.7 Å². The van der Waals surface area contributed by atoms with Crippen molar-refractivity contribution in [2.75, 3.05) is 11.1 Å². The number of furan rings is 1.